The Bertz CT molecular complexity index is 1790. The second-order valence-electron chi connectivity index (χ2n) is 9.99. The topological polar surface area (TPSA) is 119 Å². The summed E-state index contributed by atoms with van der Waals surface area (Å²) in [7, 11) is 0. The van der Waals surface area contributed by atoms with E-state index in [0.717, 1.165) is 6.07 Å². The predicted molar refractivity (Wildman–Crippen MR) is 149 cm³/mol. The number of halogens is 1. The Morgan fingerprint density at radius 3 is 2.50 bits per heavy atom. The summed E-state index contributed by atoms with van der Waals surface area (Å²) in [6.45, 7) is 4.89. The Labute approximate surface area is 228 Å². The van der Waals surface area contributed by atoms with Gasteiger partial charge in [0.1, 0.15) is 17.1 Å². The number of nitrogens with zero attached hydrogens (tertiary/aromatic N) is 3. The van der Waals surface area contributed by atoms with Gasteiger partial charge in [-0.05, 0) is 63.2 Å². The average molecular weight is 543 g/mol. The number of aromatic nitrogens is 3. The molecule has 0 fully saturated rings. The van der Waals surface area contributed by atoms with Gasteiger partial charge in [-0.2, -0.15) is 0 Å². The molecule has 0 atom stereocenters. The van der Waals surface area contributed by atoms with Crippen molar-refractivity contribution in [1.82, 2.24) is 14.3 Å². The lowest BCUT2D eigenvalue weighted by molar-refractivity contribution is 0.0546. The minimum atomic E-state index is -1.17. The van der Waals surface area contributed by atoms with Crippen LogP contribution in [-0.4, -0.2) is 36.1 Å². The SMILES string of the molecule is Cc1c(C(=O)Nc2ccc(Oc3ccnc4cc(O)ccc34)c(F)c2)c(=O)n(-c2ccccc2)n1CC(C)(C)O. The van der Waals surface area contributed by atoms with Crippen LogP contribution < -0.4 is 15.6 Å². The van der Waals surface area contributed by atoms with Gasteiger partial charge >= 0.3 is 0 Å². The summed E-state index contributed by atoms with van der Waals surface area (Å²) >= 11 is 0. The van der Waals surface area contributed by atoms with Crippen molar-refractivity contribution in [3.8, 4) is 22.9 Å². The summed E-state index contributed by atoms with van der Waals surface area (Å²) in [6, 6.07) is 18.9. The van der Waals surface area contributed by atoms with Gasteiger partial charge < -0.3 is 20.3 Å². The Balaban J connectivity index is 1.44. The third-order valence-corrected chi connectivity index (χ3v) is 6.26. The quantitative estimate of drug-likeness (QED) is 0.262. The number of phenolic OH excluding ortho intramolecular Hbond substituents is 1. The van der Waals surface area contributed by atoms with Gasteiger partial charge in [0, 0.05) is 29.4 Å². The van der Waals surface area contributed by atoms with Gasteiger partial charge in [0.15, 0.2) is 11.6 Å². The van der Waals surface area contributed by atoms with Crippen LogP contribution in [0.5, 0.6) is 17.2 Å². The molecule has 0 saturated carbocycles. The molecule has 0 saturated heterocycles. The van der Waals surface area contributed by atoms with E-state index in [1.54, 1.807) is 61.9 Å². The summed E-state index contributed by atoms with van der Waals surface area (Å²) < 4.78 is 23.7. The van der Waals surface area contributed by atoms with Crippen LogP contribution in [0.3, 0.4) is 0 Å². The number of phenols is 1. The number of anilines is 1. The van der Waals surface area contributed by atoms with Crippen LogP contribution in [0.2, 0.25) is 0 Å². The summed E-state index contributed by atoms with van der Waals surface area (Å²) in [5.41, 5.74) is -0.369. The maximum atomic E-state index is 15.1. The number of hydrogen-bond acceptors (Lipinski definition) is 6. The van der Waals surface area contributed by atoms with Crippen molar-refractivity contribution >= 4 is 22.5 Å². The van der Waals surface area contributed by atoms with Gasteiger partial charge in [-0.3, -0.25) is 19.3 Å². The first kappa shape index (κ1) is 26.6. The summed E-state index contributed by atoms with van der Waals surface area (Å²) in [4.78, 5) is 30.9. The number of carbonyl (C=O) groups is 1. The Morgan fingerprint density at radius 1 is 1.05 bits per heavy atom. The molecule has 0 spiro atoms. The number of para-hydroxylation sites is 1. The molecule has 10 heteroatoms. The second kappa shape index (κ2) is 10.3. The molecule has 1 amide bonds. The van der Waals surface area contributed by atoms with Crippen molar-refractivity contribution in [1.29, 1.82) is 0 Å². The van der Waals surface area contributed by atoms with Crippen LogP contribution in [-0.2, 0) is 6.54 Å². The van der Waals surface area contributed by atoms with Crippen LogP contribution in [0.15, 0.2) is 83.8 Å². The van der Waals surface area contributed by atoms with Crippen molar-refractivity contribution in [2.75, 3.05) is 5.32 Å². The standard InChI is InChI=1S/C30H27FN4O5/c1-18-27(29(38)35(20-7-5-4-6-8-20)34(18)17-30(2,3)39)28(37)33-19-9-12-26(23(31)15-19)40-25-13-14-32-24-16-21(36)10-11-22(24)25/h4-16,36,39H,17H2,1-3H3,(H,33,37). The zero-order valence-corrected chi connectivity index (χ0v) is 22.1. The van der Waals surface area contributed by atoms with E-state index >= 15 is 4.39 Å². The largest absolute Gasteiger partial charge is 0.508 e. The molecule has 3 N–H and O–H groups in total. The molecule has 5 aromatic rings. The molecule has 3 aromatic carbocycles. The number of rotatable bonds is 7. The molecule has 40 heavy (non-hydrogen) atoms. The average Bonchev–Trinajstić information content (AvgIpc) is 3.13. The molecule has 0 unspecified atom stereocenters. The minimum Gasteiger partial charge on any atom is -0.508 e. The molecule has 2 heterocycles. The van der Waals surface area contributed by atoms with Crippen molar-refractivity contribution in [2.24, 2.45) is 0 Å². The maximum Gasteiger partial charge on any atom is 0.284 e. The minimum absolute atomic E-state index is 0.0459. The zero-order valence-electron chi connectivity index (χ0n) is 22.1. The van der Waals surface area contributed by atoms with E-state index in [-0.39, 0.29) is 29.3 Å². The van der Waals surface area contributed by atoms with Gasteiger partial charge in [-0.1, -0.05) is 18.2 Å². The third-order valence-electron chi connectivity index (χ3n) is 6.26. The highest BCUT2D eigenvalue weighted by Crippen LogP contribution is 2.32. The normalized spacial score (nSPS) is 11.5. The number of ether oxygens (including phenoxy) is 1. The van der Waals surface area contributed by atoms with E-state index in [9.17, 15) is 19.8 Å². The van der Waals surface area contributed by atoms with E-state index in [4.69, 9.17) is 4.74 Å². The number of pyridine rings is 1. The number of amides is 1. The van der Waals surface area contributed by atoms with Crippen LogP contribution >= 0.6 is 0 Å². The fourth-order valence-electron chi connectivity index (χ4n) is 4.47. The van der Waals surface area contributed by atoms with Gasteiger partial charge in [0.25, 0.3) is 11.5 Å². The van der Waals surface area contributed by atoms with Gasteiger partial charge in [-0.15, -0.1) is 0 Å². The van der Waals surface area contributed by atoms with Crippen molar-refractivity contribution < 1.29 is 24.1 Å². The van der Waals surface area contributed by atoms with Gasteiger partial charge in [-0.25, -0.2) is 9.07 Å². The van der Waals surface area contributed by atoms with Crippen molar-refractivity contribution in [3.63, 3.8) is 0 Å². The Kier molecular flexibility index (Phi) is 6.87. The molecule has 9 nitrogen and oxygen atoms in total. The number of benzene rings is 3. The third kappa shape index (κ3) is 5.29. The fourth-order valence-corrected chi connectivity index (χ4v) is 4.47. The van der Waals surface area contributed by atoms with Crippen molar-refractivity contribution in [3.05, 3.63) is 106 Å². The highest BCUT2D eigenvalue weighted by Gasteiger charge is 2.27. The van der Waals surface area contributed by atoms with E-state index in [0.29, 0.717) is 28.0 Å². The number of carbonyl (C=O) groups excluding carboxylic acids is 1. The molecule has 5 rings (SSSR count). The van der Waals surface area contributed by atoms with Crippen LogP contribution in [0.25, 0.3) is 16.6 Å². The first-order valence-corrected chi connectivity index (χ1v) is 12.5. The van der Waals surface area contributed by atoms with E-state index in [1.807, 2.05) is 6.07 Å². The fraction of sp³-hybridized carbons (Fsp3) is 0.167. The number of hydrogen-bond donors (Lipinski definition) is 3. The lowest BCUT2D eigenvalue weighted by atomic mass is 10.1. The number of aromatic hydroxyl groups is 1. The predicted octanol–water partition coefficient (Wildman–Crippen LogP) is 5.16. The zero-order chi connectivity index (χ0) is 28.6. The number of fused-ring (bicyclic) bond motifs is 1. The van der Waals surface area contributed by atoms with Gasteiger partial charge in [0.05, 0.1) is 29.0 Å². The molecule has 2 aromatic heterocycles. The molecule has 0 aliphatic heterocycles. The summed E-state index contributed by atoms with van der Waals surface area (Å²) in [5.74, 6) is -1.15. The highest BCUT2D eigenvalue weighted by atomic mass is 19.1. The van der Waals surface area contributed by atoms with E-state index in [1.165, 1.54) is 35.1 Å². The molecule has 0 aliphatic carbocycles. The van der Waals surface area contributed by atoms with Crippen LogP contribution in [0.4, 0.5) is 10.1 Å². The first-order chi connectivity index (χ1) is 19.0. The van der Waals surface area contributed by atoms with E-state index < -0.39 is 22.9 Å². The Hall–Kier alpha value is -4.96. The van der Waals surface area contributed by atoms with E-state index in [2.05, 4.69) is 10.3 Å². The molecule has 204 valence electrons. The number of aliphatic hydroxyl groups is 1. The van der Waals surface area contributed by atoms with Gasteiger partial charge in [0.2, 0.25) is 0 Å². The molecule has 0 radical (unpaired) electrons. The molecule has 0 bridgehead atoms. The van der Waals surface area contributed by atoms with Crippen LogP contribution in [0.1, 0.15) is 29.9 Å². The smallest absolute Gasteiger partial charge is 0.284 e. The monoisotopic (exact) mass is 542 g/mol. The summed E-state index contributed by atoms with van der Waals surface area (Å²) in [6.07, 6.45) is 1.48. The highest BCUT2D eigenvalue weighted by molar-refractivity contribution is 6.05. The summed E-state index contributed by atoms with van der Waals surface area (Å²) in [5, 5.41) is 23.3. The Morgan fingerprint density at radius 2 is 1.80 bits per heavy atom. The molecular formula is C30H27FN4O5. The van der Waals surface area contributed by atoms with Crippen molar-refractivity contribution in [2.45, 2.75) is 32.9 Å². The molecular weight excluding hydrogens is 515 g/mol. The molecule has 0 aliphatic rings. The second-order valence-corrected chi connectivity index (χ2v) is 9.99. The maximum absolute atomic E-state index is 15.1. The number of nitrogens with one attached hydrogen (secondary N) is 1. The lowest BCUT2D eigenvalue weighted by Crippen LogP contribution is -2.32. The first-order valence-electron chi connectivity index (χ1n) is 12.5. The van der Waals surface area contributed by atoms with Crippen LogP contribution in [0, 0.1) is 12.7 Å². The lowest BCUT2D eigenvalue weighted by Gasteiger charge is -2.22.